The number of nitrogens with one attached hydrogen (secondary N) is 1. The minimum atomic E-state index is -0.0237. The lowest BCUT2D eigenvalue weighted by Gasteiger charge is -2.27. The third-order valence-corrected chi connectivity index (χ3v) is 4.89. The number of nitrogens with zero attached hydrogens (tertiary/aromatic N) is 5. The zero-order chi connectivity index (χ0) is 16.5. The maximum absolute atomic E-state index is 12.1. The number of carbonyl (C=O) groups excluding carboxylic acids is 1. The normalized spacial score (nSPS) is 20.6. The lowest BCUT2D eigenvalue weighted by atomic mass is 9.89. The monoisotopic (exact) mass is 326 g/mol. The smallest absolute Gasteiger partial charge is 0.226 e. The molecule has 4 rings (SSSR count). The van der Waals surface area contributed by atoms with Crippen LogP contribution in [-0.2, 0) is 11.3 Å². The Bertz CT molecular complexity index is 732. The summed E-state index contributed by atoms with van der Waals surface area (Å²) in [5.74, 6) is 1.59. The minimum Gasteiger partial charge on any atom is -0.341 e. The van der Waals surface area contributed by atoms with Gasteiger partial charge >= 0.3 is 0 Å². The lowest BCUT2D eigenvalue weighted by Crippen LogP contribution is -2.31. The number of aryl methyl sites for hydroxylation is 1. The standard InChI is InChI=1S/C17H22N6O/c1-2-23-16-14(11-20-23)13(8-15(24)21-16)12-9-18-17(19-10-12)22-6-4-3-5-7-22/h9-11,13H,2-8H2,1H3,(H,21,24). The van der Waals surface area contributed by atoms with Crippen molar-refractivity contribution >= 4 is 17.7 Å². The van der Waals surface area contributed by atoms with E-state index in [0.29, 0.717) is 6.42 Å². The molecule has 1 atom stereocenters. The summed E-state index contributed by atoms with van der Waals surface area (Å²) >= 11 is 0. The molecule has 1 N–H and O–H groups in total. The van der Waals surface area contributed by atoms with Crippen molar-refractivity contribution in [1.29, 1.82) is 0 Å². The molecule has 0 aliphatic carbocycles. The number of rotatable bonds is 3. The Morgan fingerprint density at radius 1 is 1.17 bits per heavy atom. The van der Waals surface area contributed by atoms with Crippen molar-refractivity contribution in [3.8, 4) is 0 Å². The summed E-state index contributed by atoms with van der Waals surface area (Å²) < 4.78 is 1.82. The number of fused-ring (bicyclic) bond motifs is 1. The van der Waals surface area contributed by atoms with Crippen LogP contribution in [0.2, 0.25) is 0 Å². The molecule has 0 bridgehead atoms. The highest BCUT2D eigenvalue weighted by Gasteiger charge is 2.30. The van der Waals surface area contributed by atoms with Crippen LogP contribution in [0, 0.1) is 0 Å². The topological polar surface area (TPSA) is 75.9 Å². The number of hydrogen-bond donors (Lipinski definition) is 1. The summed E-state index contributed by atoms with van der Waals surface area (Å²) in [4.78, 5) is 23.4. The van der Waals surface area contributed by atoms with Crippen molar-refractivity contribution in [2.45, 2.75) is 45.1 Å². The highest BCUT2D eigenvalue weighted by molar-refractivity contribution is 5.94. The number of carbonyl (C=O) groups is 1. The fraction of sp³-hybridized carbons (Fsp3) is 0.529. The molecule has 2 aliphatic heterocycles. The van der Waals surface area contributed by atoms with Crippen LogP contribution in [0.5, 0.6) is 0 Å². The van der Waals surface area contributed by atoms with Crippen molar-refractivity contribution < 1.29 is 4.79 Å². The van der Waals surface area contributed by atoms with E-state index in [0.717, 1.165) is 42.5 Å². The van der Waals surface area contributed by atoms with E-state index in [1.54, 1.807) is 0 Å². The molecule has 126 valence electrons. The summed E-state index contributed by atoms with van der Waals surface area (Å²) in [5.41, 5.74) is 2.02. The van der Waals surface area contributed by atoms with Crippen LogP contribution >= 0.6 is 0 Å². The van der Waals surface area contributed by atoms with Crippen LogP contribution in [0.25, 0.3) is 0 Å². The first-order valence-corrected chi connectivity index (χ1v) is 8.68. The molecule has 4 heterocycles. The van der Waals surface area contributed by atoms with Gasteiger partial charge in [0.2, 0.25) is 11.9 Å². The van der Waals surface area contributed by atoms with Crippen molar-refractivity contribution in [2.75, 3.05) is 23.3 Å². The van der Waals surface area contributed by atoms with Crippen LogP contribution in [0.4, 0.5) is 11.8 Å². The van der Waals surface area contributed by atoms with Gasteiger partial charge in [-0.25, -0.2) is 14.6 Å². The summed E-state index contributed by atoms with van der Waals surface area (Å²) in [6.07, 6.45) is 9.69. The quantitative estimate of drug-likeness (QED) is 0.935. The van der Waals surface area contributed by atoms with Gasteiger partial charge in [-0.1, -0.05) is 0 Å². The molecule has 1 fully saturated rings. The summed E-state index contributed by atoms with van der Waals surface area (Å²) in [5, 5.41) is 7.31. The molecular formula is C17H22N6O. The largest absolute Gasteiger partial charge is 0.341 e. The van der Waals surface area contributed by atoms with E-state index in [2.05, 4.69) is 25.3 Å². The van der Waals surface area contributed by atoms with E-state index >= 15 is 0 Å². The first-order chi connectivity index (χ1) is 11.8. The molecule has 7 nitrogen and oxygen atoms in total. The molecular weight excluding hydrogens is 304 g/mol. The Kier molecular flexibility index (Phi) is 3.92. The zero-order valence-corrected chi connectivity index (χ0v) is 13.9. The number of piperidine rings is 1. The Hall–Kier alpha value is -2.44. The zero-order valence-electron chi connectivity index (χ0n) is 13.9. The molecule has 1 unspecified atom stereocenters. The van der Waals surface area contributed by atoms with Crippen LogP contribution < -0.4 is 10.2 Å². The van der Waals surface area contributed by atoms with Gasteiger partial charge in [0, 0.05) is 49.9 Å². The second-order valence-corrected chi connectivity index (χ2v) is 6.43. The highest BCUT2D eigenvalue weighted by atomic mass is 16.1. The van der Waals surface area contributed by atoms with Gasteiger partial charge in [0.15, 0.2) is 0 Å². The van der Waals surface area contributed by atoms with Crippen molar-refractivity contribution in [2.24, 2.45) is 0 Å². The Morgan fingerprint density at radius 3 is 2.62 bits per heavy atom. The molecule has 7 heteroatoms. The third kappa shape index (κ3) is 2.64. The van der Waals surface area contributed by atoms with Crippen molar-refractivity contribution in [3.05, 3.63) is 29.7 Å². The molecule has 2 aliphatic rings. The van der Waals surface area contributed by atoms with E-state index in [4.69, 9.17) is 0 Å². The average Bonchev–Trinajstić information content (AvgIpc) is 3.05. The summed E-state index contributed by atoms with van der Waals surface area (Å²) in [7, 11) is 0. The van der Waals surface area contributed by atoms with Gasteiger partial charge in [-0.15, -0.1) is 0 Å². The van der Waals surface area contributed by atoms with Gasteiger partial charge in [-0.3, -0.25) is 4.79 Å². The molecule has 1 amide bonds. The first-order valence-electron chi connectivity index (χ1n) is 8.68. The number of hydrogen-bond acceptors (Lipinski definition) is 5. The highest BCUT2D eigenvalue weighted by Crippen LogP contribution is 2.36. The van der Waals surface area contributed by atoms with Gasteiger partial charge in [0.1, 0.15) is 5.82 Å². The molecule has 24 heavy (non-hydrogen) atoms. The van der Waals surface area contributed by atoms with E-state index in [-0.39, 0.29) is 11.8 Å². The van der Waals surface area contributed by atoms with Gasteiger partial charge in [-0.05, 0) is 31.7 Å². The molecule has 1 saturated heterocycles. The molecule has 2 aromatic heterocycles. The Balaban J connectivity index is 1.62. The summed E-state index contributed by atoms with van der Waals surface area (Å²) in [6, 6.07) is 0. The van der Waals surface area contributed by atoms with Gasteiger partial charge < -0.3 is 10.2 Å². The number of anilines is 2. The minimum absolute atomic E-state index is 0.0165. The maximum Gasteiger partial charge on any atom is 0.226 e. The van der Waals surface area contributed by atoms with Gasteiger partial charge in [0.25, 0.3) is 0 Å². The lowest BCUT2D eigenvalue weighted by molar-refractivity contribution is -0.116. The van der Waals surface area contributed by atoms with Crippen LogP contribution in [0.3, 0.4) is 0 Å². The average molecular weight is 326 g/mol. The van der Waals surface area contributed by atoms with E-state index in [1.165, 1.54) is 19.3 Å². The van der Waals surface area contributed by atoms with E-state index in [9.17, 15) is 4.79 Å². The van der Waals surface area contributed by atoms with Gasteiger partial charge in [-0.2, -0.15) is 5.10 Å². The van der Waals surface area contributed by atoms with E-state index < -0.39 is 0 Å². The molecule has 0 aromatic carbocycles. The molecule has 0 saturated carbocycles. The van der Waals surface area contributed by atoms with Crippen LogP contribution in [0.15, 0.2) is 18.6 Å². The van der Waals surface area contributed by atoms with Crippen LogP contribution in [-0.4, -0.2) is 38.7 Å². The van der Waals surface area contributed by atoms with Crippen LogP contribution in [0.1, 0.15) is 49.7 Å². The molecule has 0 spiro atoms. The molecule has 0 radical (unpaired) electrons. The predicted octanol–water partition coefficient (Wildman–Crippen LogP) is 2.16. The van der Waals surface area contributed by atoms with Crippen molar-refractivity contribution in [1.82, 2.24) is 19.7 Å². The second-order valence-electron chi connectivity index (χ2n) is 6.43. The summed E-state index contributed by atoms with van der Waals surface area (Å²) in [6.45, 7) is 4.80. The SMILES string of the molecule is CCn1ncc2c1NC(=O)CC2c1cnc(N2CCCCC2)nc1. The second kappa shape index (κ2) is 6.22. The fourth-order valence-corrected chi connectivity index (χ4v) is 3.58. The van der Waals surface area contributed by atoms with Gasteiger partial charge in [0.05, 0.1) is 6.20 Å². The predicted molar refractivity (Wildman–Crippen MR) is 91.1 cm³/mol. The number of amides is 1. The Morgan fingerprint density at radius 2 is 1.92 bits per heavy atom. The maximum atomic E-state index is 12.1. The Labute approximate surface area is 141 Å². The van der Waals surface area contributed by atoms with E-state index in [1.807, 2.05) is 30.2 Å². The third-order valence-electron chi connectivity index (χ3n) is 4.89. The molecule has 2 aromatic rings. The van der Waals surface area contributed by atoms with Crippen molar-refractivity contribution in [3.63, 3.8) is 0 Å². The number of aromatic nitrogens is 4. The fourth-order valence-electron chi connectivity index (χ4n) is 3.58. The first kappa shape index (κ1) is 15.1.